The van der Waals surface area contributed by atoms with Gasteiger partial charge in [-0.2, -0.15) is 0 Å². The SMILES string of the molecule is C=CC1=C(C(=O)[O-])N2C(=O)[C@@H](N)[C@H]2SC1. The fourth-order valence-corrected chi connectivity index (χ4v) is 2.97. The number of β-lactam (4-membered cyclic amide) rings is 1. The Balaban J connectivity index is 2.42. The summed E-state index contributed by atoms with van der Waals surface area (Å²) < 4.78 is 0. The molecule has 2 aliphatic rings. The molecule has 2 aliphatic heterocycles. The standard InChI is InChI=1S/C9H10N2O3S/c1-2-4-3-15-8-5(10)7(12)11(8)6(4)9(13)14/h2,5,8H,1,3,10H2,(H,13,14)/p-1/t5-,8-/m1/s1. The van der Waals surface area contributed by atoms with Gasteiger partial charge < -0.3 is 15.6 Å². The van der Waals surface area contributed by atoms with E-state index in [4.69, 9.17) is 5.73 Å². The summed E-state index contributed by atoms with van der Waals surface area (Å²) >= 11 is 1.44. The number of carboxylic acid groups (broad SMARTS) is 1. The molecule has 80 valence electrons. The van der Waals surface area contributed by atoms with E-state index in [0.29, 0.717) is 11.3 Å². The molecule has 0 saturated carbocycles. The van der Waals surface area contributed by atoms with Gasteiger partial charge in [-0.3, -0.25) is 9.69 Å². The lowest BCUT2D eigenvalue weighted by atomic mass is 10.0. The molecule has 0 aromatic carbocycles. The summed E-state index contributed by atoms with van der Waals surface area (Å²) in [5, 5.41) is 10.6. The van der Waals surface area contributed by atoms with Crippen LogP contribution in [0.4, 0.5) is 0 Å². The van der Waals surface area contributed by atoms with Crippen LogP contribution in [0, 0.1) is 0 Å². The molecule has 0 aliphatic carbocycles. The lowest BCUT2D eigenvalue weighted by Gasteiger charge is -2.49. The average Bonchev–Trinajstić information content (AvgIpc) is 2.25. The molecule has 5 nitrogen and oxygen atoms in total. The third-order valence-electron chi connectivity index (χ3n) is 2.48. The highest BCUT2D eigenvalue weighted by Gasteiger charge is 2.49. The van der Waals surface area contributed by atoms with Crippen molar-refractivity contribution >= 4 is 23.6 Å². The van der Waals surface area contributed by atoms with Crippen molar-refractivity contribution in [3.05, 3.63) is 23.9 Å². The molecule has 1 saturated heterocycles. The predicted octanol–water partition coefficient (Wildman–Crippen LogP) is -1.58. The maximum Gasteiger partial charge on any atom is 0.248 e. The van der Waals surface area contributed by atoms with Crippen molar-refractivity contribution in [2.24, 2.45) is 5.73 Å². The highest BCUT2D eigenvalue weighted by atomic mass is 32.2. The molecule has 15 heavy (non-hydrogen) atoms. The van der Waals surface area contributed by atoms with Crippen LogP contribution in [0.3, 0.4) is 0 Å². The zero-order valence-electron chi connectivity index (χ0n) is 7.80. The van der Waals surface area contributed by atoms with Crippen molar-refractivity contribution in [2.45, 2.75) is 11.4 Å². The lowest BCUT2D eigenvalue weighted by Crippen LogP contribution is -2.69. The van der Waals surface area contributed by atoms with Gasteiger partial charge in [-0.1, -0.05) is 12.7 Å². The molecule has 1 fully saturated rings. The van der Waals surface area contributed by atoms with Crippen molar-refractivity contribution in [3.63, 3.8) is 0 Å². The number of hydrogen-bond donors (Lipinski definition) is 1. The monoisotopic (exact) mass is 225 g/mol. The molecule has 0 spiro atoms. The number of rotatable bonds is 2. The van der Waals surface area contributed by atoms with Crippen molar-refractivity contribution in [1.29, 1.82) is 0 Å². The van der Waals surface area contributed by atoms with Crippen LogP contribution in [0.2, 0.25) is 0 Å². The van der Waals surface area contributed by atoms with Crippen LogP contribution in [0.1, 0.15) is 0 Å². The van der Waals surface area contributed by atoms with Crippen LogP contribution in [0.25, 0.3) is 0 Å². The van der Waals surface area contributed by atoms with E-state index in [1.165, 1.54) is 22.7 Å². The Morgan fingerprint density at radius 2 is 2.40 bits per heavy atom. The van der Waals surface area contributed by atoms with E-state index in [1.807, 2.05) is 0 Å². The van der Waals surface area contributed by atoms with Gasteiger partial charge in [0.2, 0.25) is 5.91 Å². The van der Waals surface area contributed by atoms with Crippen molar-refractivity contribution in [3.8, 4) is 0 Å². The highest BCUT2D eigenvalue weighted by molar-refractivity contribution is 8.00. The summed E-state index contributed by atoms with van der Waals surface area (Å²) in [6.07, 6.45) is 1.44. The molecule has 1 amide bonds. The third kappa shape index (κ3) is 1.29. The van der Waals surface area contributed by atoms with E-state index in [2.05, 4.69) is 6.58 Å². The number of thioether (sulfide) groups is 1. The maximum absolute atomic E-state index is 11.4. The fraction of sp³-hybridized carbons (Fsp3) is 0.333. The summed E-state index contributed by atoms with van der Waals surface area (Å²) in [7, 11) is 0. The number of amides is 1. The van der Waals surface area contributed by atoms with Gasteiger partial charge >= 0.3 is 0 Å². The van der Waals surface area contributed by atoms with Gasteiger partial charge in [-0.05, 0) is 5.57 Å². The third-order valence-corrected chi connectivity index (χ3v) is 3.80. The topological polar surface area (TPSA) is 86.5 Å². The second-order valence-electron chi connectivity index (χ2n) is 3.30. The van der Waals surface area contributed by atoms with E-state index in [0.717, 1.165) is 0 Å². The first-order valence-corrected chi connectivity index (χ1v) is 5.40. The molecule has 0 aromatic heterocycles. The first-order valence-electron chi connectivity index (χ1n) is 4.35. The molecular weight excluding hydrogens is 216 g/mol. The van der Waals surface area contributed by atoms with Crippen molar-refractivity contribution in [2.75, 3.05) is 5.75 Å². The van der Waals surface area contributed by atoms with E-state index in [1.54, 1.807) is 0 Å². The summed E-state index contributed by atoms with van der Waals surface area (Å²) in [6.45, 7) is 3.51. The minimum Gasteiger partial charge on any atom is -0.543 e. The smallest absolute Gasteiger partial charge is 0.248 e. The molecule has 0 bridgehead atoms. The van der Waals surface area contributed by atoms with Crippen LogP contribution in [-0.2, 0) is 9.59 Å². The normalized spacial score (nSPS) is 29.7. The Bertz CT molecular complexity index is 391. The van der Waals surface area contributed by atoms with Gasteiger partial charge in [0.05, 0.1) is 11.7 Å². The predicted molar refractivity (Wildman–Crippen MR) is 53.3 cm³/mol. The number of nitrogens with two attached hydrogens (primary N) is 1. The van der Waals surface area contributed by atoms with Crippen molar-refractivity contribution in [1.82, 2.24) is 4.90 Å². The largest absolute Gasteiger partial charge is 0.543 e. The van der Waals surface area contributed by atoms with Crippen LogP contribution < -0.4 is 10.8 Å². The second kappa shape index (κ2) is 3.39. The van der Waals surface area contributed by atoms with Crippen LogP contribution >= 0.6 is 11.8 Å². The van der Waals surface area contributed by atoms with Gasteiger partial charge in [0.25, 0.3) is 0 Å². The quantitative estimate of drug-likeness (QED) is 0.573. The Kier molecular flexibility index (Phi) is 2.32. The Morgan fingerprint density at radius 1 is 1.73 bits per heavy atom. The number of carbonyl (C=O) groups is 2. The Labute approximate surface area is 90.6 Å². The molecule has 0 unspecified atom stereocenters. The van der Waals surface area contributed by atoms with Crippen LogP contribution in [0.15, 0.2) is 23.9 Å². The molecule has 0 radical (unpaired) electrons. The molecule has 2 rings (SSSR count). The van der Waals surface area contributed by atoms with E-state index in [9.17, 15) is 14.7 Å². The Morgan fingerprint density at radius 3 is 2.93 bits per heavy atom. The van der Waals surface area contributed by atoms with Gasteiger partial charge in [-0.25, -0.2) is 0 Å². The molecule has 0 aromatic rings. The molecule has 6 heteroatoms. The second-order valence-corrected chi connectivity index (χ2v) is 4.41. The fourth-order valence-electron chi connectivity index (χ4n) is 1.69. The van der Waals surface area contributed by atoms with E-state index >= 15 is 0 Å². The summed E-state index contributed by atoms with van der Waals surface area (Å²) in [5.41, 5.74) is 5.98. The summed E-state index contributed by atoms with van der Waals surface area (Å²) in [4.78, 5) is 23.5. The van der Waals surface area contributed by atoms with Gasteiger partial charge in [-0.15, -0.1) is 11.8 Å². The number of aliphatic carboxylic acids is 1. The first-order chi connectivity index (χ1) is 7.07. The number of allylic oxidation sites excluding steroid dienone is 1. The molecular formula is C9H9N2O3S-. The molecule has 2 atom stereocenters. The number of carboxylic acids is 1. The van der Waals surface area contributed by atoms with E-state index < -0.39 is 12.0 Å². The maximum atomic E-state index is 11.4. The Hall–Kier alpha value is -1.27. The van der Waals surface area contributed by atoms with Gasteiger partial charge in [0.15, 0.2) is 0 Å². The lowest BCUT2D eigenvalue weighted by molar-refractivity contribution is -0.301. The van der Waals surface area contributed by atoms with Crippen molar-refractivity contribution < 1.29 is 14.7 Å². The highest BCUT2D eigenvalue weighted by Crippen LogP contribution is 2.39. The van der Waals surface area contributed by atoms with Gasteiger partial charge in [0, 0.05) is 5.75 Å². The summed E-state index contributed by atoms with van der Waals surface area (Å²) in [5.74, 6) is -1.23. The number of fused-ring (bicyclic) bond motifs is 1. The number of hydrogen-bond acceptors (Lipinski definition) is 5. The van der Waals surface area contributed by atoms with Crippen LogP contribution in [0.5, 0.6) is 0 Å². The zero-order valence-corrected chi connectivity index (χ0v) is 8.62. The number of nitrogens with zero attached hydrogens (tertiary/aromatic N) is 1. The minimum atomic E-state index is -1.35. The average molecular weight is 225 g/mol. The number of carbonyl (C=O) groups excluding carboxylic acids is 2. The molecule has 2 N–H and O–H groups in total. The zero-order chi connectivity index (χ0) is 11.2. The van der Waals surface area contributed by atoms with Crippen LogP contribution in [-0.4, -0.2) is 33.9 Å². The summed E-state index contributed by atoms with van der Waals surface area (Å²) in [6, 6.07) is -0.601. The van der Waals surface area contributed by atoms with Gasteiger partial charge in [0.1, 0.15) is 11.4 Å². The van der Waals surface area contributed by atoms with E-state index in [-0.39, 0.29) is 17.0 Å². The molecule has 2 heterocycles. The minimum absolute atomic E-state index is 0.0829. The first kappa shape index (κ1) is 10.3.